The first-order valence-electron chi connectivity index (χ1n) is 7.79. The van der Waals surface area contributed by atoms with Crippen LogP contribution in [0, 0.1) is 6.92 Å². The van der Waals surface area contributed by atoms with Crippen LogP contribution in [0.4, 0.5) is 0 Å². The highest BCUT2D eigenvalue weighted by Gasteiger charge is 2.27. The van der Waals surface area contributed by atoms with E-state index >= 15 is 0 Å². The summed E-state index contributed by atoms with van der Waals surface area (Å²) in [7, 11) is 4.23. The van der Waals surface area contributed by atoms with E-state index in [1.54, 1.807) is 0 Å². The lowest BCUT2D eigenvalue weighted by molar-refractivity contribution is 0.0656. The molecule has 6 heteroatoms. The van der Waals surface area contributed by atoms with Crippen molar-refractivity contribution >= 4 is 5.91 Å². The Hall–Kier alpha value is -1.40. The normalized spacial score (nSPS) is 21.2. The number of aromatic nitrogens is 2. The monoisotopic (exact) mass is 291 g/mol. The van der Waals surface area contributed by atoms with Crippen LogP contribution in [0.3, 0.4) is 0 Å². The quantitative estimate of drug-likeness (QED) is 0.752. The molecule has 0 aliphatic carbocycles. The average Bonchev–Trinajstić information content (AvgIpc) is 2.66. The summed E-state index contributed by atoms with van der Waals surface area (Å²) in [6.07, 6.45) is 1.09. The molecule has 2 aliphatic heterocycles. The summed E-state index contributed by atoms with van der Waals surface area (Å²) in [6.45, 7) is 8.42. The number of piperazine rings is 1. The number of aryl methyl sites for hydroxylation is 1. The first-order valence-corrected chi connectivity index (χ1v) is 7.79. The molecule has 1 aromatic heterocycles. The SMILES string of the molecule is Cc1c(C(=O)N2CCN(C)CC2)nn2c1CN(C)CCC2. The van der Waals surface area contributed by atoms with Gasteiger partial charge >= 0.3 is 0 Å². The fourth-order valence-electron chi connectivity index (χ4n) is 3.16. The van der Waals surface area contributed by atoms with Crippen molar-refractivity contribution in [2.45, 2.75) is 26.4 Å². The predicted octanol–water partition coefficient (Wildman–Crippen LogP) is 0.415. The third kappa shape index (κ3) is 2.82. The van der Waals surface area contributed by atoms with Crippen LogP contribution in [0.1, 0.15) is 28.2 Å². The number of carbonyl (C=O) groups excluding carboxylic acids is 1. The van der Waals surface area contributed by atoms with E-state index < -0.39 is 0 Å². The van der Waals surface area contributed by atoms with Crippen LogP contribution in [0.5, 0.6) is 0 Å². The van der Waals surface area contributed by atoms with Gasteiger partial charge in [-0.25, -0.2) is 0 Å². The average molecular weight is 291 g/mol. The first-order chi connectivity index (χ1) is 10.1. The number of nitrogens with zero attached hydrogens (tertiary/aromatic N) is 5. The fourth-order valence-corrected chi connectivity index (χ4v) is 3.16. The number of hydrogen-bond donors (Lipinski definition) is 0. The number of rotatable bonds is 1. The van der Waals surface area contributed by atoms with Crippen LogP contribution >= 0.6 is 0 Å². The number of likely N-dealkylation sites (N-methyl/N-ethyl adjacent to an activating group) is 1. The molecule has 2 aliphatic rings. The van der Waals surface area contributed by atoms with Crippen molar-refractivity contribution in [1.29, 1.82) is 0 Å². The second-order valence-corrected chi connectivity index (χ2v) is 6.33. The minimum atomic E-state index is 0.101. The predicted molar refractivity (Wildman–Crippen MR) is 81.3 cm³/mol. The molecule has 1 saturated heterocycles. The van der Waals surface area contributed by atoms with E-state index in [0.29, 0.717) is 5.69 Å². The van der Waals surface area contributed by atoms with Crippen LogP contribution in [0.2, 0.25) is 0 Å². The second-order valence-electron chi connectivity index (χ2n) is 6.33. The van der Waals surface area contributed by atoms with E-state index in [0.717, 1.165) is 57.8 Å². The summed E-state index contributed by atoms with van der Waals surface area (Å²) in [5.74, 6) is 0.101. The molecule has 3 heterocycles. The molecule has 0 aromatic carbocycles. The van der Waals surface area contributed by atoms with Gasteiger partial charge in [0.2, 0.25) is 0 Å². The van der Waals surface area contributed by atoms with Gasteiger partial charge in [0.25, 0.3) is 5.91 Å². The molecule has 0 unspecified atom stereocenters. The van der Waals surface area contributed by atoms with E-state index in [1.807, 2.05) is 16.5 Å². The Morgan fingerprint density at radius 3 is 2.43 bits per heavy atom. The van der Waals surface area contributed by atoms with Gasteiger partial charge in [0.1, 0.15) is 0 Å². The summed E-state index contributed by atoms with van der Waals surface area (Å²) >= 11 is 0. The summed E-state index contributed by atoms with van der Waals surface area (Å²) < 4.78 is 2.04. The number of fused-ring (bicyclic) bond motifs is 1. The molecule has 0 atom stereocenters. The van der Waals surface area contributed by atoms with Crippen molar-refractivity contribution in [2.24, 2.45) is 0 Å². The molecule has 1 amide bonds. The van der Waals surface area contributed by atoms with E-state index in [1.165, 1.54) is 5.69 Å². The molecule has 1 aromatic rings. The number of amides is 1. The first kappa shape index (κ1) is 14.5. The number of hydrogen-bond acceptors (Lipinski definition) is 4. The van der Waals surface area contributed by atoms with E-state index in [9.17, 15) is 4.79 Å². The van der Waals surface area contributed by atoms with Crippen LogP contribution in [0.15, 0.2) is 0 Å². The summed E-state index contributed by atoms with van der Waals surface area (Å²) in [6, 6.07) is 0. The topological polar surface area (TPSA) is 44.6 Å². The Labute approximate surface area is 126 Å². The Bertz CT molecular complexity index is 530. The second kappa shape index (κ2) is 5.77. The van der Waals surface area contributed by atoms with Crippen molar-refractivity contribution in [3.05, 3.63) is 17.0 Å². The molecule has 0 bridgehead atoms. The minimum absolute atomic E-state index is 0.101. The molecule has 6 nitrogen and oxygen atoms in total. The molecule has 116 valence electrons. The standard InChI is InChI=1S/C15H25N5O/c1-12-13-11-18(3)5-4-6-20(13)16-14(12)15(21)19-9-7-17(2)8-10-19/h4-11H2,1-3H3. The van der Waals surface area contributed by atoms with E-state index in [4.69, 9.17) is 0 Å². The van der Waals surface area contributed by atoms with Crippen molar-refractivity contribution in [3.63, 3.8) is 0 Å². The third-order valence-electron chi connectivity index (χ3n) is 4.64. The Morgan fingerprint density at radius 1 is 1.00 bits per heavy atom. The van der Waals surface area contributed by atoms with E-state index in [2.05, 4.69) is 29.0 Å². The summed E-state index contributed by atoms with van der Waals surface area (Å²) in [5, 5.41) is 4.62. The van der Waals surface area contributed by atoms with Gasteiger partial charge in [-0.3, -0.25) is 9.48 Å². The van der Waals surface area contributed by atoms with Gasteiger partial charge in [0, 0.05) is 51.4 Å². The maximum absolute atomic E-state index is 12.7. The largest absolute Gasteiger partial charge is 0.335 e. The zero-order valence-electron chi connectivity index (χ0n) is 13.3. The van der Waals surface area contributed by atoms with Gasteiger partial charge in [-0.2, -0.15) is 5.10 Å². The van der Waals surface area contributed by atoms with Crippen molar-refractivity contribution < 1.29 is 4.79 Å². The molecule has 0 spiro atoms. The van der Waals surface area contributed by atoms with Crippen LogP contribution < -0.4 is 0 Å². The maximum Gasteiger partial charge on any atom is 0.274 e. The lowest BCUT2D eigenvalue weighted by Gasteiger charge is -2.32. The molecule has 0 saturated carbocycles. The van der Waals surface area contributed by atoms with Gasteiger partial charge in [0.15, 0.2) is 5.69 Å². The molecule has 1 fully saturated rings. The van der Waals surface area contributed by atoms with Gasteiger partial charge in [0.05, 0.1) is 5.69 Å². The van der Waals surface area contributed by atoms with Crippen LogP contribution in [-0.2, 0) is 13.1 Å². The van der Waals surface area contributed by atoms with Crippen LogP contribution in [0.25, 0.3) is 0 Å². The van der Waals surface area contributed by atoms with Gasteiger partial charge in [-0.05, 0) is 27.4 Å². The Morgan fingerprint density at radius 2 is 1.71 bits per heavy atom. The van der Waals surface area contributed by atoms with Crippen molar-refractivity contribution in [3.8, 4) is 0 Å². The highest BCUT2D eigenvalue weighted by Crippen LogP contribution is 2.20. The lowest BCUT2D eigenvalue weighted by atomic mass is 10.1. The molecular weight excluding hydrogens is 266 g/mol. The molecule has 3 rings (SSSR count). The fraction of sp³-hybridized carbons (Fsp3) is 0.733. The number of carbonyl (C=O) groups is 1. The molecule has 0 radical (unpaired) electrons. The summed E-state index contributed by atoms with van der Waals surface area (Å²) in [5.41, 5.74) is 2.92. The maximum atomic E-state index is 12.7. The van der Waals surface area contributed by atoms with Crippen LogP contribution in [-0.4, -0.2) is 77.2 Å². The van der Waals surface area contributed by atoms with E-state index in [-0.39, 0.29) is 5.91 Å². The molecular formula is C15H25N5O. The zero-order valence-corrected chi connectivity index (χ0v) is 13.3. The smallest absolute Gasteiger partial charge is 0.274 e. The highest BCUT2D eigenvalue weighted by molar-refractivity contribution is 5.94. The van der Waals surface area contributed by atoms with Crippen molar-refractivity contribution in [1.82, 2.24) is 24.5 Å². The minimum Gasteiger partial charge on any atom is -0.335 e. The summed E-state index contributed by atoms with van der Waals surface area (Å²) in [4.78, 5) is 19.2. The Balaban J connectivity index is 1.83. The van der Waals surface area contributed by atoms with Gasteiger partial charge in [-0.15, -0.1) is 0 Å². The Kier molecular flexibility index (Phi) is 3.99. The molecule has 0 N–H and O–H groups in total. The van der Waals surface area contributed by atoms with Gasteiger partial charge in [-0.1, -0.05) is 0 Å². The van der Waals surface area contributed by atoms with Gasteiger partial charge < -0.3 is 14.7 Å². The molecule has 21 heavy (non-hydrogen) atoms. The third-order valence-corrected chi connectivity index (χ3v) is 4.64. The highest BCUT2D eigenvalue weighted by atomic mass is 16.2. The van der Waals surface area contributed by atoms with Crippen molar-refractivity contribution in [2.75, 3.05) is 46.8 Å². The zero-order chi connectivity index (χ0) is 15.0. The lowest BCUT2D eigenvalue weighted by Crippen LogP contribution is -2.47.